The monoisotopic (exact) mass is 289 g/mol. The first-order valence-electron chi connectivity index (χ1n) is 6.01. The molecule has 19 heavy (non-hydrogen) atoms. The molecule has 0 atom stereocenters. The zero-order valence-electron chi connectivity index (χ0n) is 11.0. The second-order valence-corrected chi connectivity index (χ2v) is 5.44. The summed E-state index contributed by atoms with van der Waals surface area (Å²) in [5.41, 5.74) is 0. The Kier molecular flexibility index (Phi) is 5.52. The molecule has 0 unspecified atom stereocenters. The second kappa shape index (κ2) is 6.69. The van der Waals surface area contributed by atoms with E-state index in [9.17, 15) is 13.2 Å². The van der Waals surface area contributed by atoms with E-state index in [0.29, 0.717) is 6.54 Å². The minimum Gasteiger partial charge on any atom is -0.438 e. The highest BCUT2D eigenvalue weighted by Gasteiger charge is 2.17. The van der Waals surface area contributed by atoms with Crippen molar-refractivity contribution in [2.75, 3.05) is 26.2 Å². The highest BCUT2D eigenvalue weighted by molar-refractivity contribution is 7.89. The number of primary sulfonamides is 1. The summed E-state index contributed by atoms with van der Waals surface area (Å²) in [5, 5.41) is 7.12. The first-order valence-corrected chi connectivity index (χ1v) is 7.56. The van der Waals surface area contributed by atoms with E-state index < -0.39 is 21.0 Å². The molecule has 0 aliphatic rings. The molecular formula is C11H19N3O4S. The molecule has 3 N–H and O–H groups in total. The number of nitrogens with zero attached hydrogens (tertiary/aromatic N) is 1. The predicted octanol–water partition coefficient (Wildman–Crippen LogP) is -0.00140. The fourth-order valence-electron chi connectivity index (χ4n) is 1.55. The fraction of sp³-hybridized carbons (Fsp3) is 0.545. The number of furan rings is 1. The molecule has 0 aromatic carbocycles. The zero-order chi connectivity index (χ0) is 14.5. The lowest BCUT2D eigenvalue weighted by Crippen LogP contribution is -2.34. The molecular weight excluding hydrogens is 270 g/mol. The van der Waals surface area contributed by atoms with Crippen molar-refractivity contribution < 1.29 is 17.6 Å². The lowest BCUT2D eigenvalue weighted by molar-refractivity contribution is 0.0916. The van der Waals surface area contributed by atoms with Gasteiger partial charge in [-0.25, -0.2) is 13.6 Å². The second-order valence-electron chi connectivity index (χ2n) is 3.95. The van der Waals surface area contributed by atoms with Gasteiger partial charge in [-0.3, -0.25) is 4.79 Å². The van der Waals surface area contributed by atoms with Crippen LogP contribution in [0.25, 0.3) is 0 Å². The summed E-state index contributed by atoms with van der Waals surface area (Å²) in [6, 6.07) is 2.45. The van der Waals surface area contributed by atoms with Crippen LogP contribution in [-0.2, 0) is 10.0 Å². The van der Waals surface area contributed by atoms with Crippen molar-refractivity contribution in [2.24, 2.45) is 5.14 Å². The molecule has 0 bridgehead atoms. The molecule has 1 aromatic rings. The lowest BCUT2D eigenvalue weighted by atomic mass is 10.4. The molecule has 0 aliphatic carbocycles. The number of nitrogens with two attached hydrogens (primary N) is 1. The van der Waals surface area contributed by atoms with Crippen LogP contribution < -0.4 is 10.5 Å². The number of rotatable bonds is 7. The topological polar surface area (TPSA) is 106 Å². The summed E-state index contributed by atoms with van der Waals surface area (Å²) in [6.45, 7) is 7.07. The van der Waals surface area contributed by atoms with Gasteiger partial charge in [0.2, 0.25) is 5.09 Å². The highest BCUT2D eigenvalue weighted by Crippen LogP contribution is 2.11. The van der Waals surface area contributed by atoms with Crippen LogP contribution in [0.1, 0.15) is 24.4 Å². The average Bonchev–Trinajstić information content (AvgIpc) is 2.83. The first-order chi connectivity index (χ1) is 8.88. The summed E-state index contributed by atoms with van der Waals surface area (Å²) < 4.78 is 26.9. The van der Waals surface area contributed by atoms with E-state index in [4.69, 9.17) is 9.56 Å². The fourth-order valence-corrected chi connectivity index (χ4v) is 2.01. The third kappa shape index (κ3) is 4.66. The number of carbonyl (C=O) groups is 1. The van der Waals surface area contributed by atoms with Crippen LogP contribution in [0.15, 0.2) is 21.6 Å². The van der Waals surface area contributed by atoms with E-state index in [1.807, 2.05) is 13.8 Å². The quantitative estimate of drug-likeness (QED) is 0.735. The molecule has 7 nitrogen and oxygen atoms in total. The maximum atomic E-state index is 11.7. The van der Waals surface area contributed by atoms with Gasteiger partial charge < -0.3 is 14.6 Å². The predicted molar refractivity (Wildman–Crippen MR) is 70.2 cm³/mol. The molecule has 0 fully saturated rings. The number of hydrogen-bond donors (Lipinski definition) is 2. The van der Waals surface area contributed by atoms with Crippen LogP contribution in [0.5, 0.6) is 0 Å². The summed E-state index contributed by atoms with van der Waals surface area (Å²) in [7, 11) is -3.91. The van der Waals surface area contributed by atoms with Crippen LogP contribution in [0.3, 0.4) is 0 Å². The van der Waals surface area contributed by atoms with E-state index >= 15 is 0 Å². The van der Waals surface area contributed by atoms with Crippen LogP contribution in [0, 0.1) is 0 Å². The summed E-state index contributed by atoms with van der Waals surface area (Å²) >= 11 is 0. The first kappa shape index (κ1) is 15.7. The number of nitrogens with one attached hydrogen (secondary N) is 1. The van der Waals surface area contributed by atoms with Crippen LogP contribution >= 0.6 is 0 Å². The van der Waals surface area contributed by atoms with Crippen molar-refractivity contribution in [3.8, 4) is 0 Å². The number of likely N-dealkylation sites (N-methyl/N-ethyl adjacent to an activating group) is 1. The van der Waals surface area contributed by atoms with Gasteiger partial charge in [0, 0.05) is 13.1 Å². The smallest absolute Gasteiger partial charge is 0.287 e. The molecule has 1 aromatic heterocycles. The van der Waals surface area contributed by atoms with Gasteiger partial charge in [0.25, 0.3) is 15.9 Å². The van der Waals surface area contributed by atoms with Gasteiger partial charge in [-0.15, -0.1) is 0 Å². The molecule has 0 saturated heterocycles. The third-order valence-electron chi connectivity index (χ3n) is 2.69. The SMILES string of the molecule is CCN(CC)CCNC(=O)c1ccc(S(N)(=O)=O)o1. The standard InChI is InChI=1S/C11H19N3O4S/c1-3-14(4-2)8-7-13-11(15)9-5-6-10(18-9)19(12,16)17/h5-6H,3-4,7-8H2,1-2H3,(H,13,15)(H2,12,16,17). The van der Waals surface area contributed by atoms with Crippen molar-refractivity contribution in [3.05, 3.63) is 17.9 Å². The van der Waals surface area contributed by atoms with E-state index in [2.05, 4.69) is 10.2 Å². The van der Waals surface area contributed by atoms with Gasteiger partial charge in [-0.2, -0.15) is 0 Å². The number of sulfonamides is 1. The highest BCUT2D eigenvalue weighted by atomic mass is 32.2. The molecule has 0 saturated carbocycles. The number of amides is 1. The summed E-state index contributed by atoms with van der Waals surface area (Å²) in [5.74, 6) is -0.523. The maximum Gasteiger partial charge on any atom is 0.287 e. The van der Waals surface area contributed by atoms with Gasteiger partial charge in [0.15, 0.2) is 5.76 Å². The molecule has 108 valence electrons. The zero-order valence-corrected chi connectivity index (χ0v) is 11.9. The third-order valence-corrected chi connectivity index (χ3v) is 3.47. The Labute approximate surface area is 112 Å². The van der Waals surface area contributed by atoms with Gasteiger partial charge in [-0.1, -0.05) is 13.8 Å². The normalized spacial score (nSPS) is 11.8. The van der Waals surface area contributed by atoms with Crippen LogP contribution in [-0.4, -0.2) is 45.4 Å². The van der Waals surface area contributed by atoms with E-state index in [1.54, 1.807) is 0 Å². The minimum absolute atomic E-state index is 0.0661. The number of hydrogen-bond acceptors (Lipinski definition) is 5. The van der Waals surface area contributed by atoms with Crippen molar-refractivity contribution in [1.82, 2.24) is 10.2 Å². The van der Waals surface area contributed by atoms with Crippen LogP contribution in [0.2, 0.25) is 0 Å². The minimum atomic E-state index is -3.91. The largest absolute Gasteiger partial charge is 0.438 e. The lowest BCUT2D eigenvalue weighted by Gasteiger charge is -2.17. The Morgan fingerprint density at radius 2 is 2.00 bits per heavy atom. The molecule has 1 amide bonds. The van der Waals surface area contributed by atoms with E-state index in [0.717, 1.165) is 25.7 Å². The van der Waals surface area contributed by atoms with Gasteiger partial charge in [-0.05, 0) is 25.2 Å². The number of carbonyl (C=O) groups excluding carboxylic acids is 1. The molecule has 8 heteroatoms. The Morgan fingerprint density at radius 3 is 2.47 bits per heavy atom. The summed E-state index contributed by atoms with van der Waals surface area (Å²) in [6.07, 6.45) is 0. The van der Waals surface area contributed by atoms with Crippen molar-refractivity contribution in [2.45, 2.75) is 18.9 Å². The van der Waals surface area contributed by atoms with Crippen molar-refractivity contribution in [1.29, 1.82) is 0 Å². The van der Waals surface area contributed by atoms with Crippen molar-refractivity contribution in [3.63, 3.8) is 0 Å². The van der Waals surface area contributed by atoms with Gasteiger partial charge >= 0.3 is 0 Å². The molecule has 1 heterocycles. The van der Waals surface area contributed by atoms with E-state index in [-0.39, 0.29) is 5.76 Å². The average molecular weight is 289 g/mol. The Morgan fingerprint density at radius 1 is 1.37 bits per heavy atom. The maximum absolute atomic E-state index is 11.7. The Hall–Kier alpha value is -1.38. The van der Waals surface area contributed by atoms with E-state index in [1.165, 1.54) is 6.07 Å². The molecule has 0 spiro atoms. The molecule has 0 aliphatic heterocycles. The Balaban J connectivity index is 2.53. The molecule has 0 radical (unpaired) electrons. The Bertz CT molecular complexity index is 520. The van der Waals surface area contributed by atoms with Crippen molar-refractivity contribution >= 4 is 15.9 Å². The van der Waals surface area contributed by atoms with Gasteiger partial charge in [0.05, 0.1) is 0 Å². The molecule has 1 rings (SSSR count). The summed E-state index contributed by atoms with van der Waals surface area (Å²) in [4.78, 5) is 13.8. The van der Waals surface area contributed by atoms with Gasteiger partial charge in [0.1, 0.15) is 0 Å². The van der Waals surface area contributed by atoms with Crippen LogP contribution in [0.4, 0.5) is 0 Å².